The van der Waals surface area contributed by atoms with Gasteiger partial charge in [-0.1, -0.05) is 0 Å². The van der Waals surface area contributed by atoms with Crippen molar-refractivity contribution in [1.82, 2.24) is 15.0 Å². The van der Waals surface area contributed by atoms with Crippen LogP contribution >= 0.6 is 0 Å². The second-order valence-electron chi connectivity index (χ2n) is 26.4. The third-order valence-electron chi connectivity index (χ3n) is 26.0. The van der Waals surface area contributed by atoms with Crippen LogP contribution in [0.1, 0.15) is 12.8 Å². The molecular formula is C59H50N6O16. The van der Waals surface area contributed by atoms with Crippen LogP contribution < -0.4 is 14.7 Å². The van der Waals surface area contributed by atoms with E-state index >= 15 is 28.8 Å². The predicted molar refractivity (Wildman–Crippen MR) is 262 cm³/mol. The molecule has 16 bridgehead atoms. The monoisotopic (exact) mass is 1100 g/mol. The van der Waals surface area contributed by atoms with E-state index in [1.54, 1.807) is 36.4 Å². The zero-order valence-corrected chi connectivity index (χ0v) is 43.8. The fraction of sp³-hybridized carbons (Fsp3) is 0.576. The molecule has 0 aromatic carbocycles. The summed E-state index contributed by atoms with van der Waals surface area (Å²) in [6, 6.07) is 9.75. The highest BCUT2D eigenvalue weighted by atomic mass is 16.6. The molecule has 0 N–H and O–H groups in total. The van der Waals surface area contributed by atoms with Gasteiger partial charge in [0.25, 0.3) is 0 Å². The van der Waals surface area contributed by atoms with Crippen LogP contribution in [-0.4, -0.2) is 125 Å². The Hall–Kier alpha value is -7.33. The topological polar surface area (TPSA) is 274 Å². The predicted octanol–water partition coefficient (Wildman–Crippen LogP) is 1.06. The molecule has 10 saturated carbocycles. The van der Waals surface area contributed by atoms with Gasteiger partial charge in [0.15, 0.2) is 22.4 Å². The molecule has 17 fully saturated rings. The highest BCUT2D eigenvalue weighted by Gasteiger charge is 3.11. The average Bonchev–Trinajstić information content (AvgIpc) is 1.38. The molecule has 10 heterocycles. The summed E-state index contributed by atoms with van der Waals surface area (Å²) in [6.45, 7) is 0. The summed E-state index contributed by atoms with van der Waals surface area (Å²) >= 11 is 0. The highest BCUT2D eigenvalue weighted by molar-refractivity contribution is 6.28. The summed E-state index contributed by atoms with van der Waals surface area (Å²) in [5.74, 6) is -24.6. The van der Waals surface area contributed by atoms with Crippen LogP contribution in [0.25, 0.3) is 0 Å². The number of esters is 4. The summed E-state index contributed by atoms with van der Waals surface area (Å²) in [4.78, 5) is 172. The summed E-state index contributed by atoms with van der Waals surface area (Å²) < 4.78 is 38.3. The lowest BCUT2D eigenvalue weighted by Gasteiger charge is -2.62. The molecular weight excluding hydrogens is 1050 g/mol. The van der Waals surface area contributed by atoms with E-state index in [0.29, 0.717) is 24.2 Å². The van der Waals surface area contributed by atoms with Crippen molar-refractivity contribution >= 4 is 76.4 Å². The van der Waals surface area contributed by atoms with E-state index in [1.165, 1.54) is 70.5 Å². The Morgan fingerprint density at radius 1 is 0.420 bits per heavy atom. The van der Waals surface area contributed by atoms with Crippen molar-refractivity contribution in [3.8, 4) is 0 Å². The molecule has 412 valence electrons. The van der Waals surface area contributed by atoms with Crippen LogP contribution in [0.5, 0.6) is 0 Å². The van der Waals surface area contributed by atoms with Crippen molar-refractivity contribution in [3.05, 3.63) is 73.6 Å². The van der Waals surface area contributed by atoms with Crippen molar-refractivity contribution in [1.29, 1.82) is 0 Å². The fourth-order valence-corrected chi connectivity index (χ4v) is 26.1. The molecule has 7 aliphatic heterocycles. The van der Waals surface area contributed by atoms with E-state index < -0.39 is 223 Å². The van der Waals surface area contributed by atoms with Gasteiger partial charge in [-0.2, -0.15) is 0 Å². The molecule has 22 heteroatoms. The first-order valence-electron chi connectivity index (χ1n) is 28.3. The van der Waals surface area contributed by atoms with Gasteiger partial charge >= 0.3 is 23.9 Å². The molecule has 0 radical (unpaired) electrons. The van der Waals surface area contributed by atoms with Gasteiger partial charge in [-0.25, -0.2) is 33.9 Å². The third kappa shape index (κ3) is 3.88. The molecule has 7 saturated heterocycles. The molecule has 3 aromatic heterocycles. The molecule has 22 nitrogen and oxygen atoms in total. The maximum absolute atomic E-state index is 16.9. The van der Waals surface area contributed by atoms with E-state index in [9.17, 15) is 19.2 Å². The molecule has 24 atom stereocenters. The smallest absolute Gasteiger partial charge is 0.338 e. The Morgan fingerprint density at radius 3 is 0.938 bits per heavy atom. The highest BCUT2D eigenvalue weighted by Crippen LogP contribution is 3.03. The SMILES string of the molecule is COC(=O)C12OC(C(=O)OC)(C3C4CC(C5C(=O)N(c6cccnc6)C(=O)C45)C31)C1C2C2C3C4C5C6C(C4C4(C(=O)N(c7cccnc7)C(=O)C254)C31)C1(C(=O)OC)OC6(C(=O)OC)C2C3CC(C4C(=O)N(c5cccnc5)C(=O)C34)C21. The van der Waals surface area contributed by atoms with Crippen molar-refractivity contribution in [2.45, 2.75) is 35.2 Å². The molecule has 20 rings (SSSR count). The number of fused-ring (bicyclic) bond motifs is 30. The number of nitrogens with zero attached hydrogens (tertiary/aromatic N) is 6. The van der Waals surface area contributed by atoms with E-state index in [0.717, 1.165) is 9.80 Å². The molecule has 17 aliphatic rings. The minimum absolute atomic E-state index is 0.191. The summed E-state index contributed by atoms with van der Waals surface area (Å²) in [5, 5.41) is 0. The molecule has 3 aromatic rings. The second-order valence-corrected chi connectivity index (χ2v) is 26.4. The maximum atomic E-state index is 16.9. The van der Waals surface area contributed by atoms with Crippen LogP contribution in [0.2, 0.25) is 0 Å². The Bertz CT molecular complexity index is 3300. The second kappa shape index (κ2) is 13.6. The van der Waals surface area contributed by atoms with E-state index in [2.05, 4.69) is 15.0 Å². The number of hydrogen-bond acceptors (Lipinski definition) is 19. The lowest BCUT2D eigenvalue weighted by molar-refractivity contribution is -0.203. The van der Waals surface area contributed by atoms with Crippen molar-refractivity contribution in [2.75, 3.05) is 43.1 Å². The van der Waals surface area contributed by atoms with Crippen LogP contribution in [0, 0.1) is 141 Å². The molecule has 24 unspecified atom stereocenters. The molecule has 2 spiro atoms. The minimum atomic E-state index is -2.00. The third-order valence-corrected chi connectivity index (χ3v) is 26.0. The zero-order chi connectivity index (χ0) is 55.2. The molecule has 81 heavy (non-hydrogen) atoms. The van der Waals surface area contributed by atoms with Gasteiger partial charge in [0.05, 0.1) is 98.6 Å². The first kappa shape index (κ1) is 46.3. The Morgan fingerprint density at radius 2 is 0.691 bits per heavy atom. The number of pyridine rings is 3. The summed E-state index contributed by atoms with van der Waals surface area (Å²) in [6.07, 6.45) is 9.52. The number of anilines is 3. The minimum Gasteiger partial charge on any atom is -0.467 e. The largest absolute Gasteiger partial charge is 0.467 e. The molecule has 10 aliphatic carbocycles. The van der Waals surface area contributed by atoms with Crippen LogP contribution in [0.15, 0.2) is 73.6 Å². The van der Waals surface area contributed by atoms with Crippen molar-refractivity contribution in [3.63, 3.8) is 0 Å². The van der Waals surface area contributed by atoms with Gasteiger partial charge in [0.2, 0.25) is 35.4 Å². The van der Waals surface area contributed by atoms with Crippen LogP contribution in [-0.2, 0) is 76.4 Å². The normalized spacial score (nSPS) is 52.6. The van der Waals surface area contributed by atoms with Crippen molar-refractivity contribution in [2.24, 2.45) is 141 Å². The first-order valence-corrected chi connectivity index (χ1v) is 28.3. The first-order chi connectivity index (χ1) is 39.2. The number of rotatable bonds is 7. The lowest BCUT2D eigenvalue weighted by Crippen LogP contribution is -2.73. The van der Waals surface area contributed by atoms with Gasteiger partial charge in [0.1, 0.15) is 0 Å². The van der Waals surface area contributed by atoms with Gasteiger partial charge in [-0.15, -0.1) is 0 Å². The lowest BCUT2D eigenvalue weighted by atomic mass is 9.35. The number of aromatic nitrogens is 3. The summed E-state index contributed by atoms with van der Waals surface area (Å²) in [7, 11) is 4.94. The van der Waals surface area contributed by atoms with Crippen molar-refractivity contribution < 1.29 is 76.4 Å². The number of carbonyl (C=O) groups is 10. The van der Waals surface area contributed by atoms with Crippen LogP contribution in [0.3, 0.4) is 0 Å². The standard InChI is InChI=1S/C59H50N6O16/c1-76-50(72)56-32-22-14-23(27-26(22)44(66)63(45(27)67)19-8-5-11-60-16-19)33(32)57(80-56,51(73)77-2)41-37-30-31-38-42-43(39(31)55(37)49(71)65(21-10-7-13-62-18-21)48(70)54(38,55)36(30)40(41)56)59(53(75)79-4)35-25-15-24(34(35)58(42,81-59)52(74)78-3)28-29(25)47(69)64(46(28)68)20-9-6-12-61-17-20/h5-13,16-18,22-43H,14-15H2,1-4H3. The van der Waals surface area contributed by atoms with Crippen LogP contribution in [0.4, 0.5) is 17.1 Å². The number of imide groups is 3. The van der Waals surface area contributed by atoms with Gasteiger partial charge in [-0.05, 0) is 108 Å². The number of carbonyl (C=O) groups excluding carboxylic acids is 10. The molecule has 6 amide bonds. The Kier molecular flexibility index (Phi) is 7.77. The summed E-state index contributed by atoms with van der Waals surface area (Å²) in [5.41, 5.74) is -10.7. The van der Waals surface area contributed by atoms with Gasteiger partial charge < -0.3 is 28.4 Å². The van der Waals surface area contributed by atoms with Gasteiger partial charge in [-0.3, -0.25) is 43.7 Å². The van der Waals surface area contributed by atoms with E-state index in [1.807, 2.05) is 0 Å². The maximum Gasteiger partial charge on any atom is 0.338 e. The Labute approximate surface area is 459 Å². The van der Waals surface area contributed by atoms with E-state index in [4.69, 9.17) is 28.4 Å². The quantitative estimate of drug-likeness (QED) is 0.182. The number of hydrogen-bond donors (Lipinski definition) is 0. The van der Waals surface area contributed by atoms with Gasteiger partial charge in [0, 0.05) is 65.9 Å². The average molecular weight is 1100 g/mol. The zero-order valence-electron chi connectivity index (χ0n) is 43.8. The van der Waals surface area contributed by atoms with E-state index in [-0.39, 0.29) is 5.69 Å². The fourth-order valence-electron chi connectivity index (χ4n) is 26.1. The Balaban J connectivity index is 0.834. The number of amides is 6. The number of ether oxygens (including phenoxy) is 6. The number of methoxy groups -OCH3 is 4.